The zero-order valence-corrected chi connectivity index (χ0v) is 10.4. The second-order valence-electron chi connectivity index (χ2n) is 4.24. The van der Waals surface area contributed by atoms with Crippen LogP contribution < -0.4 is 0 Å². The van der Waals surface area contributed by atoms with E-state index in [-0.39, 0.29) is 0 Å². The topological polar surface area (TPSA) is 12.9 Å². The molecular formula is C12H15Cl2N. The summed E-state index contributed by atoms with van der Waals surface area (Å²) in [5.74, 6) is 0.803. The monoisotopic (exact) mass is 243 g/mol. The maximum absolute atomic E-state index is 6.32. The molecule has 1 nitrogen and oxygen atoms in total. The number of nitrogens with zero attached hydrogens (tertiary/aromatic N) is 1. The Labute approximate surface area is 101 Å². The van der Waals surface area contributed by atoms with Crippen LogP contribution in [0.1, 0.15) is 37.4 Å². The van der Waals surface area contributed by atoms with Crippen LogP contribution in [-0.2, 0) is 12.8 Å². The van der Waals surface area contributed by atoms with Gasteiger partial charge >= 0.3 is 0 Å². The van der Waals surface area contributed by atoms with Crippen molar-refractivity contribution in [1.82, 2.24) is 4.98 Å². The molecule has 1 aliphatic rings. The van der Waals surface area contributed by atoms with Crippen molar-refractivity contribution in [2.75, 3.05) is 0 Å². The first-order valence-corrected chi connectivity index (χ1v) is 6.29. The molecule has 0 saturated heterocycles. The highest BCUT2D eigenvalue weighted by molar-refractivity contribution is 6.36. The van der Waals surface area contributed by atoms with Crippen LogP contribution in [0.3, 0.4) is 0 Å². The molecule has 0 amide bonds. The van der Waals surface area contributed by atoms with Gasteiger partial charge in [0.25, 0.3) is 0 Å². The van der Waals surface area contributed by atoms with Gasteiger partial charge in [0.2, 0.25) is 0 Å². The first kappa shape index (κ1) is 11.2. The second-order valence-corrected chi connectivity index (χ2v) is 5.03. The lowest BCUT2D eigenvalue weighted by Crippen LogP contribution is -1.98. The van der Waals surface area contributed by atoms with E-state index >= 15 is 0 Å². The van der Waals surface area contributed by atoms with Crippen LogP contribution in [-0.4, -0.2) is 4.98 Å². The maximum atomic E-state index is 6.32. The normalized spacial score (nSPS) is 15.7. The van der Waals surface area contributed by atoms with Crippen LogP contribution in [0.4, 0.5) is 0 Å². The number of halogens is 2. The van der Waals surface area contributed by atoms with E-state index in [1.54, 1.807) is 6.20 Å². The van der Waals surface area contributed by atoms with Crippen molar-refractivity contribution in [3.63, 3.8) is 0 Å². The molecule has 0 bridgehead atoms. The Morgan fingerprint density at radius 1 is 1.40 bits per heavy atom. The van der Waals surface area contributed by atoms with Crippen molar-refractivity contribution < 1.29 is 0 Å². The lowest BCUT2D eigenvalue weighted by atomic mass is 10.1. The van der Waals surface area contributed by atoms with Crippen LogP contribution >= 0.6 is 23.2 Å². The molecule has 3 heteroatoms. The molecule has 1 aromatic heterocycles. The van der Waals surface area contributed by atoms with Gasteiger partial charge in [-0.15, -0.1) is 0 Å². The van der Waals surface area contributed by atoms with E-state index in [2.05, 4.69) is 11.9 Å². The molecule has 0 unspecified atom stereocenters. The minimum absolute atomic E-state index is 0.728. The van der Waals surface area contributed by atoms with Gasteiger partial charge in [0, 0.05) is 6.20 Å². The third kappa shape index (κ3) is 2.64. The van der Waals surface area contributed by atoms with Gasteiger partial charge in [-0.3, -0.25) is 4.98 Å². The molecule has 0 aromatic carbocycles. The fourth-order valence-electron chi connectivity index (χ4n) is 1.76. The molecule has 1 saturated carbocycles. The van der Waals surface area contributed by atoms with Gasteiger partial charge in [-0.1, -0.05) is 36.5 Å². The molecule has 15 heavy (non-hydrogen) atoms. The Bertz CT molecular complexity index is 359. The Morgan fingerprint density at radius 3 is 2.73 bits per heavy atom. The predicted octanol–water partition coefficient (Wildman–Crippen LogP) is 4.29. The number of aryl methyl sites for hydroxylation is 1. The highest BCUT2D eigenvalue weighted by atomic mass is 35.5. The van der Waals surface area contributed by atoms with E-state index in [0.29, 0.717) is 0 Å². The summed E-state index contributed by atoms with van der Waals surface area (Å²) in [7, 11) is 0. The van der Waals surface area contributed by atoms with Gasteiger partial charge in [-0.2, -0.15) is 0 Å². The summed E-state index contributed by atoms with van der Waals surface area (Å²) < 4.78 is 0. The molecule has 0 radical (unpaired) electrons. The Hall–Kier alpha value is -0.270. The predicted molar refractivity (Wildman–Crippen MR) is 64.7 cm³/mol. The van der Waals surface area contributed by atoms with Crippen LogP contribution in [0.5, 0.6) is 0 Å². The molecule has 1 fully saturated rings. The molecule has 1 heterocycles. The third-order valence-electron chi connectivity index (χ3n) is 2.82. The summed E-state index contributed by atoms with van der Waals surface area (Å²) >= 11 is 12.4. The number of hydrogen-bond acceptors (Lipinski definition) is 1. The fourth-order valence-corrected chi connectivity index (χ4v) is 2.35. The summed E-state index contributed by atoms with van der Waals surface area (Å²) in [4.78, 5) is 4.29. The molecule has 2 rings (SSSR count). The largest absolute Gasteiger partial charge is 0.258 e. The van der Waals surface area contributed by atoms with Gasteiger partial charge in [0.15, 0.2) is 0 Å². The van der Waals surface area contributed by atoms with Crippen molar-refractivity contribution in [3.8, 4) is 0 Å². The van der Waals surface area contributed by atoms with E-state index < -0.39 is 0 Å². The molecule has 82 valence electrons. The minimum atomic E-state index is 0.728. The van der Waals surface area contributed by atoms with Crippen LogP contribution in [0, 0.1) is 5.92 Å². The smallest absolute Gasteiger partial charge is 0.0668 e. The Morgan fingerprint density at radius 2 is 2.13 bits per heavy atom. The summed E-state index contributed by atoms with van der Waals surface area (Å²) in [5, 5.41) is 1.53. The number of pyridine rings is 1. The number of rotatable bonds is 4. The van der Waals surface area contributed by atoms with Gasteiger partial charge in [-0.25, -0.2) is 0 Å². The molecule has 0 aliphatic heterocycles. The van der Waals surface area contributed by atoms with E-state index in [9.17, 15) is 0 Å². The summed E-state index contributed by atoms with van der Waals surface area (Å²) in [6.07, 6.45) is 7.41. The lowest BCUT2D eigenvalue weighted by molar-refractivity contribution is 0.818. The van der Waals surface area contributed by atoms with Crippen LogP contribution in [0.15, 0.2) is 6.20 Å². The average Bonchev–Trinajstić information content (AvgIpc) is 3.01. The average molecular weight is 244 g/mol. The zero-order chi connectivity index (χ0) is 10.8. The molecular weight excluding hydrogens is 229 g/mol. The van der Waals surface area contributed by atoms with Crippen LogP contribution in [0.25, 0.3) is 0 Å². The van der Waals surface area contributed by atoms with E-state index in [0.717, 1.165) is 46.5 Å². The SMILES string of the molecule is CCCc1ncc(Cl)c(CC2CC2)c1Cl. The van der Waals surface area contributed by atoms with Gasteiger partial charge in [0.05, 0.1) is 15.7 Å². The molecule has 0 spiro atoms. The van der Waals surface area contributed by atoms with Crippen molar-refractivity contribution in [1.29, 1.82) is 0 Å². The van der Waals surface area contributed by atoms with Crippen LogP contribution in [0.2, 0.25) is 10.0 Å². The molecule has 1 aliphatic carbocycles. The third-order valence-corrected chi connectivity index (χ3v) is 3.59. The first-order chi connectivity index (χ1) is 7.22. The van der Waals surface area contributed by atoms with Gasteiger partial charge < -0.3 is 0 Å². The quantitative estimate of drug-likeness (QED) is 0.769. The number of hydrogen-bond donors (Lipinski definition) is 0. The molecule has 0 N–H and O–H groups in total. The summed E-state index contributed by atoms with van der Waals surface area (Å²) in [6.45, 7) is 2.13. The highest BCUT2D eigenvalue weighted by Gasteiger charge is 2.24. The van der Waals surface area contributed by atoms with E-state index in [1.165, 1.54) is 12.8 Å². The maximum Gasteiger partial charge on any atom is 0.0668 e. The zero-order valence-electron chi connectivity index (χ0n) is 8.89. The lowest BCUT2D eigenvalue weighted by Gasteiger charge is -2.09. The second kappa shape index (κ2) is 4.71. The minimum Gasteiger partial charge on any atom is -0.258 e. The van der Waals surface area contributed by atoms with Crippen molar-refractivity contribution in [2.45, 2.75) is 39.0 Å². The standard InChI is InChI=1S/C12H15Cl2N/c1-2-3-11-12(14)9(6-8-4-5-8)10(13)7-15-11/h7-8H,2-6H2,1H3. The van der Waals surface area contributed by atoms with Gasteiger partial charge in [0.1, 0.15) is 0 Å². The highest BCUT2D eigenvalue weighted by Crippen LogP contribution is 2.37. The summed E-state index contributed by atoms with van der Waals surface area (Å²) in [5.41, 5.74) is 2.11. The molecule has 1 aromatic rings. The van der Waals surface area contributed by atoms with Crippen molar-refractivity contribution >= 4 is 23.2 Å². The van der Waals surface area contributed by atoms with Crippen molar-refractivity contribution in [3.05, 3.63) is 27.5 Å². The number of aromatic nitrogens is 1. The summed E-state index contributed by atoms with van der Waals surface area (Å²) in [6, 6.07) is 0. The Balaban J connectivity index is 2.27. The van der Waals surface area contributed by atoms with E-state index in [1.807, 2.05) is 0 Å². The first-order valence-electron chi connectivity index (χ1n) is 5.54. The fraction of sp³-hybridized carbons (Fsp3) is 0.583. The van der Waals surface area contributed by atoms with E-state index in [4.69, 9.17) is 23.2 Å². The van der Waals surface area contributed by atoms with Gasteiger partial charge in [-0.05, 0) is 37.2 Å². The Kier molecular flexibility index (Phi) is 3.53. The van der Waals surface area contributed by atoms with Crippen molar-refractivity contribution in [2.24, 2.45) is 5.92 Å². The molecule has 0 atom stereocenters.